The first-order valence-electron chi connectivity index (χ1n) is 14.5. The Kier molecular flexibility index (Phi) is 8.96. The Labute approximate surface area is 250 Å². The maximum Gasteiger partial charge on any atom is 0.416 e. The lowest BCUT2D eigenvalue weighted by atomic mass is 9.96. The minimum Gasteiger partial charge on any atom is -0.394 e. The third-order valence-corrected chi connectivity index (χ3v) is 8.45. The average Bonchev–Trinajstić information content (AvgIpc) is 3.28. The number of para-hydroxylation sites is 1. The van der Waals surface area contributed by atoms with Crippen LogP contribution in [0.3, 0.4) is 0 Å². The summed E-state index contributed by atoms with van der Waals surface area (Å²) in [5, 5.41) is 11.2. The monoisotopic (exact) mass is 593 g/mol. The number of carbonyl (C=O) groups excluding carboxylic acids is 1. The van der Waals surface area contributed by atoms with E-state index < -0.39 is 17.8 Å². The number of hydrogen-bond donors (Lipinski definition) is 1. The van der Waals surface area contributed by atoms with Crippen molar-refractivity contribution in [2.45, 2.75) is 45.3 Å². The molecule has 0 bridgehead atoms. The lowest BCUT2D eigenvalue weighted by Crippen LogP contribution is -2.47. The van der Waals surface area contributed by atoms with Crippen LogP contribution in [-0.4, -0.2) is 64.3 Å². The predicted molar refractivity (Wildman–Crippen MR) is 161 cm³/mol. The molecule has 0 radical (unpaired) electrons. The number of carbonyl (C=O) groups is 1. The van der Waals surface area contributed by atoms with E-state index in [2.05, 4.69) is 0 Å². The summed E-state index contributed by atoms with van der Waals surface area (Å²) >= 11 is 0. The number of alkyl halides is 3. The zero-order valence-electron chi connectivity index (χ0n) is 24.9. The number of benzene rings is 3. The highest BCUT2D eigenvalue weighted by Crippen LogP contribution is 2.38. The van der Waals surface area contributed by atoms with E-state index in [4.69, 9.17) is 4.74 Å². The highest BCUT2D eigenvalue weighted by Gasteiger charge is 2.34. The van der Waals surface area contributed by atoms with Gasteiger partial charge < -0.3 is 19.3 Å². The Balaban J connectivity index is 1.51. The van der Waals surface area contributed by atoms with Crippen LogP contribution in [0.1, 0.15) is 41.0 Å². The molecule has 6 nitrogen and oxygen atoms in total. The Morgan fingerprint density at radius 3 is 2.42 bits per heavy atom. The molecular weight excluding hydrogens is 555 g/mol. The number of aromatic nitrogens is 1. The molecular formula is C34H38F3N3O3. The van der Waals surface area contributed by atoms with Gasteiger partial charge in [0.25, 0.3) is 5.91 Å². The summed E-state index contributed by atoms with van der Waals surface area (Å²) in [5.74, 6) is -0.271. The molecule has 43 heavy (non-hydrogen) atoms. The number of likely N-dealkylation sites (N-methyl/N-ethyl adjacent to an activating group) is 1. The van der Waals surface area contributed by atoms with Crippen molar-refractivity contribution in [1.82, 2.24) is 14.4 Å². The molecule has 1 aromatic heterocycles. The number of aliphatic hydroxyl groups excluding tert-OH is 1. The molecule has 3 atom stereocenters. The zero-order chi connectivity index (χ0) is 30.9. The third-order valence-electron chi connectivity index (χ3n) is 8.45. The number of rotatable bonds is 6. The van der Waals surface area contributed by atoms with Gasteiger partial charge in [-0.15, -0.1) is 0 Å². The molecule has 0 unspecified atom stereocenters. The lowest BCUT2D eigenvalue weighted by Gasteiger charge is -2.35. The van der Waals surface area contributed by atoms with E-state index in [1.165, 1.54) is 12.1 Å². The molecule has 228 valence electrons. The smallest absolute Gasteiger partial charge is 0.394 e. The Bertz CT molecular complexity index is 1580. The maximum atomic E-state index is 14.4. The number of ether oxygens (including phenoxy) is 1. The van der Waals surface area contributed by atoms with Crippen LogP contribution in [0, 0.1) is 5.92 Å². The highest BCUT2D eigenvalue weighted by molar-refractivity contribution is 6.10. The van der Waals surface area contributed by atoms with Crippen molar-refractivity contribution in [2.24, 2.45) is 13.0 Å². The number of nitrogens with zero attached hydrogens (tertiary/aromatic N) is 3. The number of amides is 1. The van der Waals surface area contributed by atoms with Crippen LogP contribution in [0.15, 0.2) is 72.8 Å². The van der Waals surface area contributed by atoms with Crippen molar-refractivity contribution in [3.63, 3.8) is 0 Å². The molecule has 0 aliphatic carbocycles. The summed E-state index contributed by atoms with van der Waals surface area (Å²) in [6, 6.07) is 20.7. The quantitative estimate of drug-likeness (QED) is 0.283. The Morgan fingerprint density at radius 1 is 1.05 bits per heavy atom. The van der Waals surface area contributed by atoms with Crippen molar-refractivity contribution in [2.75, 3.05) is 26.7 Å². The summed E-state index contributed by atoms with van der Waals surface area (Å²) in [5.41, 5.74) is 4.33. The Morgan fingerprint density at radius 2 is 1.72 bits per heavy atom. The van der Waals surface area contributed by atoms with Gasteiger partial charge in [0.05, 0.1) is 30.9 Å². The molecule has 1 aliphatic heterocycles. The number of fused-ring (bicyclic) bond motifs is 5. The van der Waals surface area contributed by atoms with E-state index in [1.54, 1.807) is 4.90 Å². The van der Waals surface area contributed by atoms with Crippen LogP contribution in [0.5, 0.6) is 0 Å². The Hall–Kier alpha value is -3.66. The largest absolute Gasteiger partial charge is 0.416 e. The van der Waals surface area contributed by atoms with Gasteiger partial charge in [-0.1, -0.05) is 61.5 Å². The molecule has 0 spiro atoms. The lowest BCUT2D eigenvalue weighted by molar-refractivity contribution is -0.137. The van der Waals surface area contributed by atoms with Crippen molar-refractivity contribution < 1.29 is 27.8 Å². The van der Waals surface area contributed by atoms with Crippen molar-refractivity contribution in [1.29, 1.82) is 0 Å². The van der Waals surface area contributed by atoms with Crippen molar-refractivity contribution >= 4 is 16.8 Å². The predicted octanol–water partition coefficient (Wildman–Crippen LogP) is 6.35. The molecule has 9 heteroatoms. The standard InChI is InChI=1S/C34H38F3N3O3/c1-22-17-40(23(2)20-41)33(42)32-31(28-11-7-8-12-29(28)39(32)4)27-10-6-5-9-25(27)21-43-30(22)19-38(3)18-24-13-15-26(16-14-24)34(35,36)37/h5-16,22-23,30,41H,17-21H2,1-4H3/t22-,23+,30-/m1/s1. The summed E-state index contributed by atoms with van der Waals surface area (Å²) in [7, 11) is 3.82. The van der Waals surface area contributed by atoms with Gasteiger partial charge in [-0.2, -0.15) is 13.2 Å². The fourth-order valence-corrected chi connectivity index (χ4v) is 6.01. The first-order valence-corrected chi connectivity index (χ1v) is 14.5. The molecule has 4 aromatic rings. The first-order chi connectivity index (χ1) is 20.5. The zero-order valence-corrected chi connectivity index (χ0v) is 24.9. The SMILES string of the molecule is C[C@@H]1CN([C@@H](C)CO)C(=O)c2c(c3ccccc3n2C)-c2ccccc2CO[C@@H]1CN(C)Cc1ccc(C(F)(F)F)cc1. The van der Waals surface area contributed by atoms with Crippen molar-refractivity contribution in [3.05, 3.63) is 95.2 Å². The average molecular weight is 594 g/mol. The molecule has 3 aromatic carbocycles. The van der Waals surface area contributed by atoms with Crippen LogP contribution < -0.4 is 0 Å². The van der Waals surface area contributed by atoms with Crippen LogP contribution in [-0.2, 0) is 31.1 Å². The van der Waals surface area contributed by atoms with E-state index >= 15 is 0 Å². The molecule has 2 heterocycles. The van der Waals surface area contributed by atoms with E-state index in [0.717, 1.165) is 45.3 Å². The molecule has 0 fully saturated rings. The van der Waals surface area contributed by atoms with E-state index in [0.29, 0.717) is 31.9 Å². The molecule has 1 aliphatic rings. The molecule has 1 amide bonds. The summed E-state index contributed by atoms with van der Waals surface area (Å²) in [4.78, 5) is 18.2. The molecule has 1 N–H and O–H groups in total. The summed E-state index contributed by atoms with van der Waals surface area (Å²) in [6.45, 7) is 5.31. The van der Waals surface area contributed by atoms with Crippen LogP contribution >= 0.6 is 0 Å². The van der Waals surface area contributed by atoms with Crippen molar-refractivity contribution in [3.8, 4) is 11.1 Å². The highest BCUT2D eigenvalue weighted by atomic mass is 19.4. The summed E-state index contributed by atoms with van der Waals surface area (Å²) < 4.78 is 47.7. The van der Waals surface area contributed by atoms with E-state index in [-0.39, 0.29) is 24.5 Å². The summed E-state index contributed by atoms with van der Waals surface area (Å²) in [6.07, 6.45) is -4.67. The van der Waals surface area contributed by atoms with Gasteiger partial charge in [-0.25, -0.2) is 0 Å². The fraction of sp³-hybridized carbons (Fsp3) is 0.382. The van der Waals surface area contributed by atoms with Gasteiger partial charge in [0.1, 0.15) is 5.69 Å². The molecule has 0 saturated carbocycles. The number of hydrogen-bond acceptors (Lipinski definition) is 4. The van der Waals surface area contributed by atoms with Gasteiger partial charge in [0.2, 0.25) is 0 Å². The second-order valence-corrected chi connectivity index (χ2v) is 11.7. The molecule has 0 saturated heterocycles. The minimum absolute atomic E-state index is 0.114. The van der Waals surface area contributed by atoms with E-state index in [9.17, 15) is 23.1 Å². The van der Waals surface area contributed by atoms with Gasteiger partial charge >= 0.3 is 6.18 Å². The maximum absolute atomic E-state index is 14.4. The van der Waals surface area contributed by atoms with Gasteiger partial charge in [0.15, 0.2) is 0 Å². The topological polar surface area (TPSA) is 57.9 Å². The normalized spacial score (nSPS) is 18.8. The van der Waals surface area contributed by atoms with Gasteiger partial charge in [0, 0.05) is 49.1 Å². The van der Waals surface area contributed by atoms with Gasteiger partial charge in [-0.3, -0.25) is 9.69 Å². The number of aliphatic hydroxyl groups is 1. The second-order valence-electron chi connectivity index (χ2n) is 11.7. The third kappa shape index (κ3) is 6.34. The van der Waals surface area contributed by atoms with Crippen LogP contribution in [0.25, 0.3) is 22.0 Å². The minimum atomic E-state index is -4.38. The molecule has 5 rings (SSSR count). The second kappa shape index (κ2) is 12.5. The number of halogens is 3. The first kappa shape index (κ1) is 30.8. The van der Waals surface area contributed by atoms with Gasteiger partial charge in [-0.05, 0) is 48.9 Å². The van der Waals surface area contributed by atoms with Crippen LogP contribution in [0.2, 0.25) is 0 Å². The van der Waals surface area contributed by atoms with E-state index in [1.807, 2.05) is 85.9 Å². The van der Waals surface area contributed by atoms with Crippen LogP contribution in [0.4, 0.5) is 13.2 Å². The fourth-order valence-electron chi connectivity index (χ4n) is 6.01. The number of aryl methyl sites for hydroxylation is 1.